The Balaban J connectivity index is 2.17. The Morgan fingerprint density at radius 1 is 1.55 bits per heavy atom. The van der Waals surface area contributed by atoms with Crippen molar-refractivity contribution >= 4 is 10.0 Å². The van der Waals surface area contributed by atoms with Crippen LogP contribution in [0.1, 0.15) is 13.3 Å². The van der Waals surface area contributed by atoms with E-state index < -0.39 is 10.0 Å². The average molecular weight is 303 g/mol. The van der Waals surface area contributed by atoms with Crippen molar-refractivity contribution in [3.05, 3.63) is 12.4 Å². The zero-order valence-corrected chi connectivity index (χ0v) is 12.6. The second-order valence-electron chi connectivity index (χ2n) is 5.07. The number of methoxy groups -OCH3 is 1. The van der Waals surface area contributed by atoms with E-state index in [4.69, 9.17) is 9.84 Å². The maximum absolute atomic E-state index is 12.5. The number of ether oxygens (including phenoxy) is 1. The van der Waals surface area contributed by atoms with Crippen molar-refractivity contribution in [2.75, 3.05) is 26.8 Å². The van der Waals surface area contributed by atoms with Crippen LogP contribution in [0.2, 0.25) is 0 Å². The standard InChI is InChI=1S/C12H21N3O4S/c1-10-3-4-15(9-12(10)19-2)20(17,18)11-7-13-14(8-11)5-6-16/h7-8,10,12,16H,3-6,9H2,1-2H3. The first kappa shape index (κ1) is 15.4. The minimum Gasteiger partial charge on any atom is -0.394 e. The normalized spacial score (nSPS) is 24.9. The fourth-order valence-corrected chi connectivity index (χ4v) is 3.80. The summed E-state index contributed by atoms with van der Waals surface area (Å²) in [7, 11) is -1.93. The number of nitrogens with zero attached hydrogens (tertiary/aromatic N) is 3. The van der Waals surface area contributed by atoms with Crippen LogP contribution < -0.4 is 0 Å². The zero-order valence-electron chi connectivity index (χ0n) is 11.8. The molecule has 2 heterocycles. The smallest absolute Gasteiger partial charge is 0.246 e. The van der Waals surface area contributed by atoms with E-state index >= 15 is 0 Å². The first-order chi connectivity index (χ1) is 9.48. The molecule has 114 valence electrons. The lowest BCUT2D eigenvalue weighted by molar-refractivity contribution is 0.0184. The van der Waals surface area contributed by atoms with Crippen molar-refractivity contribution in [1.82, 2.24) is 14.1 Å². The number of piperidine rings is 1. The molecule has 20 heavy (non-hydrogen) atoms. The number of sulfonamides is 1. The summed E-state index contributed by atoms with van der Waals surface area (Å²) in [5.41, 5.74) is 0. The number of hydrogen-bond acceptors (Lipinski definition) is 5. The SMILES string of the molecule is COC1CN(S(=O)(=O)c2cnn(CCO)c2)CCC1C. The summed E-state index contributed by atoms with van der Waals surface area (Å²) in [5.74, 6) is 0.351. The molecule has 1 aromatic rings. The lowest BCUT2D eigenvalue weighted by Crippen LogP contribution is -2.46. The summed E-state index contributed by atoms with van der Waals surface area (Å²) in [4.78, 5) is 0.162. The van der Waals surface area contributed by atoms with Crippen molar-refractivity contribution < 1.29 is 18.3 Å². The highest BCUT2D eigenvalue weighted by Crippen LogP contribution is 2.24. The van der Waals surface area contributed by atoms with Crippen LogP contribution in [0.4, 0.5) is 0 Å². The van der Waals surface area contributed by atoms with E-state index in [1.165, 1.54) is 21.4 Å². The molecule has 2 unspecified atom stereocenters. The quantitative estimate of drug-likeness (QED) is 0.822. The fourth-order valence-electron chi connectivity index (χ4n) is 2.38. The van der Waals surface area contributed by atoms with Crippen LogP contribution in [0.15, 0.2) is 17.3 Å². The summed E-state index contributed by atoms with van der Waals surface area (Å²) in [6.45, 7) is 3.14. The minimum atomic E-state index is -3.54. The van der Waals surface area contributed by atoms with Gasteiger partial charge in [-0.05, 0) is 12.3 Å². The van der Waals surface area contributed by atoms with Crippen molar-refractivity contribution in [2.24, 2.45) is 5.92 Å². The molecule has 8 heteroatoms. The van der Waals surface area contributed by atoms with Crippen LogP contribution in [0.3, 0.4) is 0 Å². The summed E-state index contributed by atoms with van der Waals surface area (Å²) < 4.78 is 33.3. The van der Waals surface area contributed by atoms with Crippen molar-refractivity contribution in [3.8, 4) is 0 Å². The molecule has 7 nitrogen and oxygen atoms in total. The van der Waals surface area contributed by atoms with Crippen LogP contribution in [0.25, 0.3) is 0 Å². The maximum Gasteiger partial charge on any atom is 0.246 e. The Hall–Kier alpha value is -0.960. The van der Waals surface area contributed by atoms with E-state index in [1.807, 2.05) is 0 Å². The third-order valence-corrected chi connectivity index (χ3v) is 5.55. The van der Waals surface area contributed by atoms with Gasteiger partial charge in [0.25, 0.3) is 0 Å². The zero-order chi connectivity index (χ0) is 14.8. The molecule has 1 N–H and O–H groups in total. The second kappa shape index (κ2) is 6.21. The van der Waals surface area contributed by atoms with Gasteiger partial charge in [0.2, 0.25) is 10.0 Å². The molecule has 0 amide bonds. The largest absolute Gasteiger partial charge is 0.394 e. The molecule has 0 saturated carbocycles. The third-order valence-electron chi connectivity index (χ3n) is 3.73. The molecule has 2 rings (SSSR count). The molecule has 0 bridgehead atoms. The first-order valence-electron chi connectivity index (χ1n) is 6.65. The Morgan fingerprint density at radius 2 is 2.30 bits per heavy atom. The average Bonchev–Trinajstić information content (AvgIpc) is 2.89. The highest BCUT2D eigenvalue weighted by Gasteiger charge is 2.34. The number of aliphatic hydroxyl groups is 1. The van der Waals surface area contributed by atoms with E-state index in [0.717, 1.165) is 6.42 Å². The van der Waals surface area contributed by atoms with Crippen LogP contribution in [0.5, 0.6) is 0 Å². The Bertz CT molecular complexity index is 543. The number of rotatable bonds is 5. The lowest BCUT2D eigenvalue weighted by atomic mass is 9.97. The van der Waals surface area contributed by atoms with Gasteiger partial charge in [0.15, 0.2) is 0 Å². The van der Waals surface area contributed by atoms with Gasteiger partial charge in [0.1, 0.15) is 4.90 Å². The highest BCUT2D eigenvalue weighted by atomic mass is 32.2. The minimum absolute atomic E-state index is 0.0753. The van der Waals surface area contributed by atoms with Gasteiger partial charge in [-0.3, -0.25) is 4.68 Å². The Kier molecular flexibility index (Phi) is 4.79. The summed E-state index contributed by atoms with van der Waals surface area (Å²) in [6, 6.07) is 0. The molecule has 0 spiro atoms. The Morgan fingerprint density at radius 3 is 2.95 bits per heavy atom. The number of aromatic nitrogens is 2. The van der Waals surface area contributed by atoms with Crippen LogP contribution in [-0.2, 0) is 21.3 Å². The maximum atomic E-state index is 12.5. The van der Waals surface area contributed by atoms with E-state index in [0.29, 0.717) is 19.0 Å². The Labute approximate surface area is 119 Å². The van der Waals surface area contributed by atoms with Gasteiger partial charge < -0.3 is 9.84 Å². The first-order valence-corrected chi connectivity index (χ1v) is 8.09. The molecule has 0 aliphatic carbocycles. The summed E-state index contributed by atoms with van der Waals surface area (Å²) in [6.07, 6.45) is 3.48. The topological polar surface area (TPSA) is 84.7 Å². The molecule has 1 fully saturated rings. The molecule has 1 aromatic heterocycles. The molecule has 0 aromatic carbocycles. The molecule has 1 saturated heterocycles. The van der Waals surface area contributed by atoms with Crippen molar-refractivity contribution in [2.45, 2.75) is 30.9 Å². The number of aliphatic hydroxyl groups excluding tert-OH is 1. The fraction of sp³-hybridized carbons (Fsp3) is 0.750. The predicted octanol–water partition coefficient (Wildman–Crippen LogP) is -0.0791. The van der Waals surface area contributed by atoms with E-state index in [1.54, 1.807) is 7.11 Å². The van der Waals surface area contributed by atoms with Gasteiger partial charge in [0.05, 0.1) is 25.5 Å². The van der Waals surface area contributed by atoms with Gasteiger partial charge in [-0.2, -0.15) is 9.40 Å². The van der Waals surface area contributed by atoms with Crippen molar-refractivity contribution in [3.63, 3.8) is 0 Å². The van der Waals surface area contributed by atoms with Gasteiger partial charge in [-0.15, -0.1) is 0 Å². The molecule has 1 aliphatic rings. The van der Waals surface area contributed by atoms with E-state index in [2.05, 4.69) is 12.0 Å². The molecular formula is C12H21N3O4S. The second-order valence-corrected chi connectivity index (χ2v) is 7.00. The molecule has 2 atom stereocenters. The molecule has 0 radical (unpaired) electrons. The van der Waals surface area contributed by atoms with Gasteiger partial charge in [-0.25, -0.2) is 8.42 Å². The number of hydrogen-bond donors (Lipinski definition) is 1. The van der Waals surface area contributed by atoms with Gasteiger partial charge in [0, 0.05) is 26.4 Å². The summed E-state index contributed by atoms with van der Waals surface area (Å²) >= 11 is 0. The summed E-state index contributed by atoms with van der Waals surface area (Å²) in [5, 5.41) is 12.8. The van der Waals surface area contributed by atoms with Crippen LogP contribution in [-0.4, -0.2) is 60.5 Å². The predicted molar refractivity (Wildman–Crippen MR) is 72.6 cm³/mol. The highest BCUT2D eigenvalue weighted by molar-refractivity contribution is 7.89. The van der Waals surface area contributed by atoms with E-state index in [-0.39, 0.29) is 24.2 Å². The van der Waals surface area contributed by atoms with Gasteiger partial charge >= 0.3 is 0 Å². The lowest BCUT2D eigenvalue weighted by Gasteiger charge is -2.35. The monoisotopic (exact) mass is 303 g/mol. The van der Waals surface area contributed by atoms with Crippen LogP contribution >= 0.6 is 0 Å². The van der Waals surface area contributed by atoms with Gasteiger partial charge in [-0.1, -0.05) is 6.92 Å². The van der Waals surface area contributed by atoms with Crippen LogP contribution in [0, 0.1) is 5.92 Å². The molecule has 1 aliphatic heterocycles. The third kappa shape index (κ3) is 3.03. The van der Waals surface area contributed by atoms with Crippen molar-refractivity contribution in [1.29, 1.82) is 0 Å². The molecular weight excluding hydrogens is 282 g/mol. The van der Waals surface area contributed by atoms with E-state index in [9.17, 15) is 8.42 Å².